The molecule has 2 aromatic rings. The molecule has 2 aromatic heterocycles. The highest BCUT2D eigenvalue weighted by molar-refractivity contribution is 6.30. The second kappa shape index (κ2) is 5.95. The van der Waals surface area contributed by atoms with Gasteiger partial charge in [-0.2, -0.15) is 0 Å². The molecule has 110 valence electrons. The van der Waals surface area contributed by atoms with Gasteiger partial charge in [0, 0.05) is 22.9 Å². The van der Waals surface area contributed by atoms with Gasteiger partial charge in [-0.3, -0.25) is 4.79 Å². The summed E-state index contributed by atoms with van der Waals surface area (Å²) in [5.74, 6) is -0.00944. The van der Waals surface area contributed by atoms with Gasteiger partial charge in [0.2, 0.25) is 5.28 Å². The van der Waals surface area contributed by atoms with Crippen molar-refractivity contribution in [2.45, 2.75) is 26.2 Å². The molecule has 2 rings (SSSR count). The number of nitrogens with one attached hydrogen (secondary N) is 1. The standard InChI is InChI=1S/C14H14Cl2N4O/c1-14(2,3)9-6-8(7-10(15)18-9)12(21)19-11-4-5-17-13(16)20-11/h4-7H,1-3H3,(H,17,19,20,21). The summed E-state index contributed by atoms with van der Waals surface area (Å²) in [6.45, 7) is 5.99. The van der Waals surface area contributed by atoms with E-state index in [1.165, 1.54) is 12.3 Å². The fourth-order valence-electron chi connectivity index (χ4n) is 1.61. The van der Waals surface area contributed by atoms with Crippen LogP contribution in [0.1, 0.15) is 36.8 Å². The van der Waals surface area contributed by atoms with Crippen LogP contribution in [0, 0.1) is 0 Å². The zero-order valence-electron chi connectivity index (χ0n) is 11.8. The van der Waals surface area contributed by atoms with Crippen molar-refractivity contribution >= 4 is 34.9 Å². The average Bonchev–Trinajstić information content (AvgIpc) is 2.37. The maximum Gasteiger partial charge on any atom is 0.256 e. The van der Waals surface area contributed by atoms with Crippen molar-refractivity contribution in [2.75, 3.05) is 5.32 Å². The third-order valence-electron chi connectivity index (χ3n) is 2.69. The van der Waals surface area contributed by atoms with Gasteiger partial charge in [-0.25, -0.2) is 15.0 Å². The quantitative estimate of drug-likeness (QED) is 0.675. The first-order chi connectivity index (χ1) is 9.75. The van der Waals surface area contributed by atoms with Gasteiger partial charge < -0.3 is 5.32 Å². The van der Waals surface area contributed by atoms with Gasteiger partial charge in [0.05, 0.1) is 0 Å². The van der Waals surface area contributed by atoms with Gasteiger partial charge in [-0.1, -0.05) is 32.4 Å². The van der Waals surface area contributed by atoms with Crippen molar-refractivity contribution in [1.82, 2.24) is 15.0 Å². The lowest BCUT2D eigenvalue weighted by Crippen LogP contribution is -2.18. The summed E-state index contributed by atoms with van der Waals surface area (Å²) in [7, 11) is 0. The van der Waals surface area contributed by atoms with Gasteiger partial charge >= 0.3 is 0 Å². The second-order valence-corrected chi connectivity index (χ2v) is 6.20. The van der Waals surface area contributed by atoms with Crippen LogP contribution in [-0.4, -0.2) is 20.9 Å². The summed E-state index contributed by atoms with van der Waals surface area (Å²) in [5, 5.41) is 2.98. The van der Waals surface area contributed by atoms with Crippen molar-refractivity contribution in [3.05, 3.63) is 46.1 Å². The highest BCUT2D eigenvalue weighted by Gasteiger charge is 2.19. The normalized spacial score (nSPS) is 11.3. The number of rotatable bonds is 2. The summed E-state index contributed by atoms with van der Waals surface area (Å²) in [6, 6.07) is 4.77. The number of hydrogen-bond donors (Lipinski definition) is 1. The van der Waals surface area contributed by atoms with E-state index in [4.69, 9.17) is 23.2 Å². The largest absolute Gasteiger partial charge is 0.306 e. The van der Waals surface area contributed by atoms with E-state index >= 15 is 0 Å². The minimum atomic E-state index is -0.334. The zero-order valence-corrected chi connectivity index (χ0v) is 13.3. The average molecular weight is 325 g/mol. The van der Waals surface area contributed by atoms with Gasteiger partial charge in [-0.05, 0) is 29.8 Å². The third kappa shape index (κ3) is 4.12. The van der Waals surface area contributed by atoms with Crippen LogP contribution >= 0.6 is 23.2 Å². The van der Waals surface area contributed by atoms with Crippen LogP contribution in [0.5, 0.6) is 0 Å². The predicted molar refractivity (Wildman–Crippen MR) is 82.9 cm³/mol. The van der Waals surface area contributed by atoms with Gasteiger partial charge in [0.15, 0.2) is 0 Å². The molecule has 1 N–H and O–H groups in total. The van der Waals surface area contributed by atoms with Crippen molar-refractivity contribution in [3.8, 4) is 0 Å². The monoisotopic (exact) mass is 324 g/mol. The van der Waals surface area contributed by atoms with Gasteiger partial charge in [0.25, 0.3) is 5.91 Å². The van der Waals surface area contributed by atoms with E-state index in [0.717, 1.165) is 5.69 Å². The molecule has 7 heteroatoms. The Labute approximate surface area is 132 Å². The molecule has 0 fully saturated rings. The van der Waals surface area contributed by atoms with Crippen molar-refractivity contribution < 1.29 is 4.79 Å². The molecular formula is C14H14Cl2N4O. The van der Waals surface area contributed by atoms with Crippen LogP contribution in [0.3, 0.4) is 0 Å². The van der Waals surface area contributed by atoms with Crippen LogP contribution in [0.25, 0.3) is 0 Å². The Morgan fingerprint density at radius 1 is 1.19 bits per heavy atom. The third-order valence-corrected chi connectivity index (χ3v) is 3.07. The SMILES string of the molecule is CC(C)(C)c1cc(C(=O)Nc2ccnc(Cl)n2)cc(Cl)n1. The maximum atomic E-state index is 12.3. The minimum absolute atomic E-state index is 0.0657. The molecule has 0 aromatic carbocycles. The fourth-order valence-corrected chi connectivity index (χ4v) is 1.96. The number of carbonyl (C=O) groups is 1. The zero-order chi connectivity index (χ0) is 15.6. The van der Waals surface area contributed by atoms with E-state index in [9.17, 15) is 4.79 Å². The Kier molecular flexibility index (Phi) is 4.44. The lowest BCUT2D eigenvalue weighted by atomic mass is 9.91. The number of anilines is 1. The molecule has 21 heavy (non-hydrogen) atoms. The van der Waals surface area contributed by atoms with Crippen LogP contribution in [0.4, 0.5) is 5.82 Å². The summed E-state index contributed by atoms with van der Waals surface area (Å²) in [6.07, 6.45) is 1.46. The molecule has 0 saturated carbocycles. The fraction of sp³-hybridized carbons (Fsp3) is 0.286. The first kappa shape index (κ1) is 15.7. The van der Waals surface area contributed by atoms with E-state index in [2.05, 4.69) is 20.3 Å². The molecule has 5 nitrogen and oxygen atoms in total. The van der Waals surface area contributed by atoms with E-state index < -0.39 is 0 Å². The van der Waals surface area contributed by atoms with Crippen molar-refractivity contribution in [1.29, 1.82) is 0 Å². The molecule has 0 aliphatic heterocycles. The Bertz CT molecular complexity index is 683. The molecule has 0 unspecified atom stereocenters. The van der Waals surface area contributed by atoms with Crippen LogP contribution in [0.15, 0.2) is 24.4 Å². The number of amides is 1. The maximum absolute atomic E-state index is 12.3. The number of aromatic nitrogens is 3. The Morgan fingerprint density at radius 3 is 2.52 bits per heavy atom. The van der Waals surface area contributed by atoms with E-state index in [1.54, 1.807) is 12.1 Å². The van der Waals surface area contributed by atoms with Crippen LogP contribution in [0.2, 0.25) is 10.4 Å². The summed E-state index contributed by atoms with van der Waals surface area (Å²) in [4.78, 5) is 24.2. The molecule has 0 saturated heterocycles. The number of nitrogens with zero attached hydrogens (tertiary/aromatic N) is 3. The summed E-state index contributed by atoms with van der Waals surface area (Å²) in [5.41, 5.74) is 0.938. The molecular weight excluding hydrogens is 311 g/mol. The smallest absolute Gasteiger partial charge is 0.256 e. The number of pyridine rings is 1. The molecule has 0 aliphatic carbocycles. The highest BCUT2D eigenvalue weighted by atomic mass is 35.5. The summed E-state index contributed by atoms with van der Waals surface area (Å²) < 4.78 is 0. The molecule has 0 aliphatic rings. The number of carbonyl (C=O) groups excluding carboxylic acids is 1. The van der Waals surface area contributed by atoms with Crippen LogP contribution < -0.4 is 5.32 Å². The lowest BCUT2D eigenvalue weighted by Gasteiger charge is -2.18. The van der Waals surface area contributed by atoms with E-state index in [-0.39, 0.29) is 21.8 Å². The first-order valence-corrected chi connectivity index (χ1v) is 6.99. The Hall–Kier alpha value is -1.72. The number of hydrogen-bond acceptors (Lipinski definition) is 4. The van der Waals surface area contributed by atoms with Gasteiger partial charge in [0.1, 0.15) is 11.0 Å². The minimum Gasteiger partial charge on any atom is -0.306 e. The van der Waals surface area contributed by atoms with Crippen molar-refractivity contribution in [3.63, 3.8) is 0 Å². The topological polar surface area (TPSA) is 67.8 Å². The molecule has 2 heterocycles. The van der Waals surface area contributed by atoms with E-state index in [0.29, 0.717) is 11.4 Å². The Balaban J connectivity index is 2.29. The van der Waals surface area contributed by atoms with Gasteiger partial charge in [-0.15, -0.1) is 0 Å². The molecule has 0 spiro atoms. The lowest BCUT2D eigenvalue weighted by molar-refractivity contribution is 0.102. The molecule has 0 radical (unpaired) electrons. The number of halogens is 2. The summed E-state index contributed by atoms with van der Waals surface area (Å²) >= 11 is 11.7. The van der Waals surface area contributed by atoms with Crippen LogP contribution in [-0.2, 0) is 5.41 Å². The molecule has 1 amide bonds. The second-order valence-electron chi connectivity index (χ2n) is 5.48. The van der Waals surface area contributed by atoms with E-state index in [1.807, 2.05) is 20.8 Å². The van der Waals surface area contributed by atoms with Crippen molar-refractivity contribution in [2.24, 2.45) is 0 Å². The first-order valence-electron chi connectivity index (χ1n) is 6.24. The molecule has 0 bridgehead atoms. The molecule has 0 atom stereocenters. The highest BCUT2D eigenvalue weighted by Crippen LogP contribution is 2.23. The predicted octanol–water partition coefficient (Wildman–Crippen LogP) is 3.73. The Morgan fingerprint density at radius 2 is 1.90 bits per heavy atom.